The number of nitrogens with zero attached hydrogens (tertiary/aromatic N) is 3. The number of carbonyl (C=O) groups excluding carboxylic acids is 1. The molecule has 1 aliphatic heterocycles. The molecular weight excluding hydrogens is 419 g/mol. The van der Waals surface area contributed by atoms with Crippen LogP contribution in [0.1, 0.15) is 31.7 Å². The van der Waals surface area contributed by atoms with Crippen molar-refractivity contribution in [3.63, 3.8) is 0 Å². The van der Waals surface area contributed by atoms with Gasteiger partial charge in [0, 0.05) is 31.4 Å². The second kappa shape index (κ2) is 10.9. The van der Waals surface area contributed by atoms with Gasteiger partial charge in [0.2, 0.25) is 5.91 Å². The van der Waals surface area contributed by atoms with Gasteiger partial charge in [0.25, 0.3) is 0 Å². The van der Waals surface area contributed by atoms with Crippen molar-refractivity contribution in [2.24, 2.45) is 5.92 Å². The van der Waals surface area contributed by atoms with Crippen LogP contribution in [0.3, 0.4) is 0 Å². The van der Waals surface area contributed by atoms with E-state index in [9.17, 15) is 9.18 Å². The fraction of sp³-hybridized carbons (Fsp3) is 0.346. The van der Waals surface area contributed by atoms with Gasteiger partial charge >= 0.3 is 0 Å². The van der Waals surface area contributed by atoms with Gasteiger partial charge in [0.15, 0.2) is 5.82 Å². The minimum Gasteiger partial charge on any atom is -0.494 e. The number of hydrogen-bond donors (Lipinski definition) is 1. The highest BCUT2D eigenvalue weighted by atomic mass is 19.1. The number of anilines is 1. The second-order valence-corrected chi connectivity index (χ2v) is 8.24. The molecule has 1 aliphatic rings. The van der Waals surface area contributed by atoms with Crippen molar-refractivity contribution < 1.29 is 13.9 Å². The molecule has 1 N–H and O–H groups in total. The highest BCUT2D eigenvalue weighted by Crippen LogP contribution is 2.24. The summed E-state index contributed by atoms with van der Waals surface area (Å²) in [5.41, 5.74) is 1.80. The van der Waals surface area contributed by atoms with Crippen LogP contribution in [0.25, 0.3) is 11.4 Å². The molecule has 0 unspecified atom stereocenters. The van der Waals surface area contributed by atoms with Crippen LogP contribution in [0.5, 0.6) is 5.75 Å². The summed E-state index contributed by atoms with van der Waals surface area (Å²) in [6.45, 7) is 4.71. The Morgan fingerprint density at radius 3 is 2.70 bits per heavy atom. The van der Waals surface area contributed by atoms with Gasteiger partial charge in [-0.25, -0.2) is 14.4 Å². The van der Waals surface area contributed by atoms with E-state index in [0.717, 1.165) is 48.5 Å². The molecule has 6 nitrogen and oxygen atoms in total. The van der Waals surface area contributed by atoms with Crippen molar-refractivity contribution in [2.45, 2.75) is 32.7 Å². The predicted molar refractivity (Wildman–Crippen MR) is 126 cm³/mol. The van der Waals surface area contributed by atoms with Crippen LogP contribution in [0, 0.1) is 11.7 Å². The zero-order valence-corrected chi connectivity index (χ0v) is 18.8. The molecule has 1 amide bonds. The van der Waals surface area contributed by atoms with E-state index < -0.39 is 0 Å². The van der Waals surface area contributed by atoms with Crippen molar-refractivity contribution in [1.29, 1.82) is 0 Å². The lowest BCUT2D eigenvalue weighted by Gasteiger charge is -2.33. The van der Waals surface area contributed by atoms with E-state index >= 15 is 0 Å². The third-order valence-corrected chi connectivity index (χ3v) is 5.72. The highest BCUT2D eigenvalue weighted by molar-refractivity contribution is 5.79. The normalized spacial score (nSPS) is 15.8. The van der Waals surface area contributed by atoms with Crippen molar-refractivity contribution in [1.82, 2.24) is 15.3 Å². The Hall–Kier alpha value is -3.48. The average molecular weight is 449 g/mol. The first-order valence-electron chi connectivity index (χ1n) is 11.5. The lowest BCUT2D eigenvalue weighted by molar-refractivity contribution is -0.125. The number of halogens is 1. The van der Waals surface area contributed by atoms with Gasteiger partial charge in [-0.2, -0.15) is 0 Å². The molecular formula is C26H29FN4O2. The maximum absolute atomic E-state index is 13.2. The topological polar surface area (TPSA) is 67.3 Å². The Morgan fingerprint density at radius 2 is 1.94 bits per heavy atom. The first-order chi connectivity index (χ1) is 16.1. The summed E-state index contributed by atoms with van der Waals surface area (Å²) in [6, 6.07) is 15.8. The lowest BCUT2D eigenvalue weighted by atomic mass is 9.97. The van der Waals surface area contributed by atoms with E-state index in [1.165, 1.54) is 12.1 Å². The second-order valence-electron chi connectivity index (χ2n) is 8.24. The molecule has 3 aromatic rings. The molecule has 4 rings (SSSR count). The molecule has 0 bridgehead atoms. The van der Waals surface area contributed by atoms with E-state index in [-0.39, 0.29) is 17.6 Å². The molecule has 1 atom stereocenters. The number of amides is 1. The van der Waals surface area contributed by atoms with Gasteiger partial charge < -0.3 is 15.0 Å². The fourth-order valence-electron chi connectivity index (χ4n) is 3.92. The molecule has 7 heteroatoms. The summed E-state index contributed by atoms with van der Waals surface area (Å²) in [7, 11) is 0. The van der Waals surface area contributed by atoms with Gasteiger partial charge in [-0.15, -0.1) is 0 Å². The standard InChI is InChI=1S/C26H29FN4O2/c1-2-16-33-23-11-5-19(6-12-23)17-29-26(32)21-4-3-15-31(18-21)24-13-14-28-25(30-24)20-7-9-22(27)10-8-20/h5-14,21H,2-4,15-18H2,1H3,(H,29,32)/t21-/m0/s1. The van der Waals surface area contributed by atoms with E-state index in [1.807, 2.05) is 30.3 Å². The molecule has 172 valence electrons. The Labute approximate surface area is 193 Å². The number of nitrogens with one attached hydrogen (secondary N) is 1. The van der Waals surface area contributed by atoms with Gasteiger partial charge in [-0.05, 0) is 67.3 Å². The third-order valence-electron chi connectivity index (χ3n) is 5.72. The number of carbonyl (C=O) groups is 1. The van der Waals surface area contributed by atoms with Crippen LogP contribution in [0.4, 0.5) is 10.2 Å². The molecule has 0 aliphatic carbocycles. The summed E-state index contributed by atoms with van der Waals surface area (Å²) in [5, 5.41) is 3.07. The Balaban J connectivity index is 1.35. The van der Waals surface area contributed by atoms with Gasteiger partial charge in [0.05, 0.1) is 12.5 Å². The highest BCUT2D eigenvalue weighted by Gasteiger charge is 2.26. The summed E-state index contributed by atoms with van der Waals surface area (Å²) < 4.78 is 18.8. The van der Waals surface area contributed by atoms with Crippen LogP contribution in [-0.4, -0.2) is 35.6 Å². The smallest absolute Gasteiger partial charge is 0.225 e. The van der Waals surface area contributed by atoms with Crippen LogP contribution in [0.15, 0.2) is 60.8 Å². The molecule has 0 radical (unpaired) electrons. The van der Waals surface area contributed by atoms with Crippen molar-refractivity contribution in [3.8, 4) is 17.1 Å². The van der Waals surface area contributed by atoms with Crippen LogP contribution in [0.2, 0.25) is 0 Å². The first-order valence-corrected chi connectivity index (χ1v) is 11.5. The van der Waals surface area contributed by atoms with Crippen molar-refractivity contribution >= 4 is 11.7 Å². The molecule has 0 saturated carbocycles. The van der Waals surface area contributed by atoms with E-state index in [1.54, 1.807) is 18.3 Å². The SMILES string of the molecule is CCCOc1ccc(CNC(=O)[C@H]2CCCN(c3ccnc(-c4ccc(F)cc4)n3)C2)cc1. The van der Waals surface area contributed by atoms with Gasteiger partial charge in [-0.1, -0.05) is 19.1 Å². The van der Waals surface area contributed by atoms with Crippen LogP contribution >= 0.6 is 0 Å². The van der Waals surface area contributed by atoms with E-state index in [4.69, 9.17) is 4.74 Å². The maximum atomic E-state index is 13.2. The third kappa shape index (κ3) is 6.06. The molecule has 2 aromatic carbocycles. The number of ether oxygens (including phenoxy) is 1. The summed E-state index contributed by atoms with van der Waals surface area (Å²) in [4.78, 5) is 24.0. The summed E-state index contributed by atoms with van der Waals surface area (Å²) >= 11 is 0. The quantitative estimate of drug-likeness (QED) is 0.545. The fourth-order valence-corrected chi connectivity index (χ4v) is 3.92. The van der Waals surface area contributed by atoms with Crippen LogP contribution in [-0.2, 0) is 11.3 Å². The van der Waals surface area contributed by atoms with Crippen molar-refractivity contribution in [2.75, 3.05) is 24.6 Å². The molecule has 1 aromatic heterocycles. The number of piperidine rings is 1. The number of aromatic nitrogens is 2. The molecule has 0 spiro atoms. The molecule has 2 heterocycles. The van der Waals surface area contributed by atoms with Crippen LogP contribution < -0.4 is 15.0 Å². The predicted octanol–water partition coefficient (Wildman–Crippen LogP) is 4.60. The van der Waals surface area contributed by atoms with E-state index in [2.05, 4.69) is 27.1 Å². The molecule has 1 fully saturated rings. The average Bonchev–Trinajstić information content (AvgIpc) is 2.87. The summed E-state index contributed by atoms with van der Waals surface area (Å²) in [6.07, 6.45) is 4.44. The number of rotatable bonds is 8. The zero-order valence-electron chi connectivity index (χ0n) is 18.8. The lowest BCUT2D eigenvalue weighted by Crippen LogP contribution is -2.43. The maximum Gasteiger partial charge on any atom is 0.225 e. The van der Waals surface area contributed by atoms with Gasteiger partial charge in [0.1, 0.15) is 17.4 Å². The molecule has 1 saturated heterocycles. The molecule has 33 heavy (non-hydrogen) atoms. The largest absolute Gasteiger partial charge is 0.494 e. The minimum absolute atomic E-state index is 0.0545. The minimum atomic E-state index is -0.291. The number of hydrogen-bond acceptors (Lipinski definition) is 5. The van der Waals surface area contributed by atoms with Gasteiger partial charge in [-0.3, -0.25) is 4.79 Å². The Morgan fingerprint density at radius 1 is 1.15 bits per heavy atom. The zero-order chi connectivity index (χ0) is 23.0. The van der Waals surface area contributed by atoms with E-state index in [0.29, 0.717) is 25.5 Å². The Kier molecular flexibility index (Phi) is 7.50. The number of benzene rings is 2. The monoisotopic (exact) mass is 448 g/mol. The van der Waals surface area contributed by atoms with Crippen molar-refractivity contribution in [3.05, 3.63) is 72.2 Å². The first kappa shape index (κ1) is 22.7. The summed E-state index contributed by atoms with van der Waals surface area (Å²) in [5.74, 6) is 1.84. The Bertz CT molecular complexity index is 1060.